The van der Waals surface area contributed by atoms with Gasteiger partial charge in [-0.15, -0.1) is 0 Å². The van der Waals surface area contributed by atoms with Crippen LogP contribution in [-0.2, 0) is 9.59 Å². The van der Waals surface area contributed by atoms with Crippen LogP contribution >= 0.6 is 0 Å². The number of aliphatic hydroxyl groups excluding tert-OH is 1. The van der Waals surface area contributed by atoms with Gasteiger partial charge in [-0.05, 0) is 48.9 Å². The minimum atomic E-state index is -0.900. The van der Waals surface area contributed by atoms with Crippen molar-refractivity contribution < 1.29 is 19.1 Å². The van der Waals surface area contributed by atoms with Crippen LogP contribution in [0.2, 0.25) is 0 Å². The largest absolute Gasteiger partial charge is 0.507 e. The molecule has 0 fully saturated rings. The number of benzene rings is 2. The van der Waals surface area contributed by atoms with Crippen molar-refractivity contribution in [1.29, 1.82) is 0 Å². The predicted octanol–water partition coefficient (Wildman–Crippen LogP) is 3.24. The standard InChI is InChI=1S/C17H14FNO3/c1-11-3-2-4-14(9-11)19-17(22)16(21)10-15(20)12-5-7-13(18)8-6-12/h2-10,20H,1H3,(H,19,22). The summed E-state index contributed by atoms with van der Waals surface area (Å²) in [6.45, 7) is 1.86. The number of carbonyl (C=O) groups is 2. The van der Waals surface area contributed by atoms with Crippen molar-refractivity contribution in [3.63, 3.8) is 0 Å². The highest BCUT2D eigenvalue weighted by molar-refractivity contribution is 6.45. The summed E-state index contributed by atoms with van der Waals surface area (Å²) in [7, 11) is 0. The maximum Gasteiger partial charge on any atom is 0.296 e. The van der Waals surface area contributed by atoms with E-state index in [-0.39, 0.29) is 5.56 Å². The number of hydrogen-bond donors (Lipinski definition) is 2. The molecule has 0 atom stereocenters. The van der Waals surface area contributed by atoms with Crippen LogP contribution in [0.15, 0.2) is 54.6 Å². The third kappa shape index (κ3) is 4.02. The molecule has 0 aliphatic rings. The highest BCUT2D eigenvalue weighted by Crippen LogP contribution is 2.13. The number of halogens is 1. The molecule has 0 unspecified atom stereocenters. The third-order valence-corrected chi connectivity index (χ3v) is 2.91. The second-order valence-corrected chi connectivity index (χ2v) is 4.72. The molecule has 0 aliphatic carbocycles. The van der Waals surface area contributed by atoms with Gasteiger partial charge in [0.05, 0.1) is 0 Å². The van der Waals surface area contributed by atoms with Crippen LogP contribution < -0.4 is 5.32 Å². The van der Waals surface area contributed by atoms with E-state index in [4.69, 9.17) is 0 Å². The topological polar surface area (TPSA) is 66.4 Å². The van der Waals surface area contributed by atoms with Gasteiger partial charge in [0.2, 0.25) is 5.78 Å². The maximum atomic E-state index is 12.8. The fourth-order valence-electron chi connectivity index (χ4n) is 1.81. The summed E-state index contributed by atoms with van der Waals surface area (Å²) in [6, 6.07) is 11.9. The molecule has 0 heterocycles. The van der Waals surface area contributed by atoms with E-state index in [0.29, 0.717) is 5.69 Å². The molecule has 0 saturated carbocycles. The van der Waals surface area contributed by atoms with Gasteiger partial charge in [-0.25, -0.2) is 4.39 Å². The number of aliphatic hydroxyl groups is 1. The molecule has 0 aliphatic heterocycles. The first-order valence-electron chi connectivity index (χ1n) is 6.54. The van der Waals surface area contributed by atoms with Gasteiger partial charge in [-0.2, -0.15) is 0 Å². The average Bonchev–Trinajstić information content (AvgIpc) is 2.47. The Morgan fingerprint density at radius 2 is 1.82 bits per heavy atom. The van der Waals surface area contributed by atoms with Gasteiger partial charge >= 0.3 is 0 Å². The molecule has 2 aromatic carbocycles. The van der Waals surface area contributed by atoms with Gasteiger partial charge in [0.1, 0.15) is 11.6 Å². The molecular formula is C17H14FNO3. The summed E-state index contributed by atoms with van der Waals surface area (Å²) >= 11 is 0. The summed E-state index contributed by atoms with van der Waals surface area (Å²) in [4.78, 5) is 23.5. The predicted molar refractivity (Wildman–Crippen MR) is 81.8 cm³/mol. The molecule has 5 heteroatoms. The van der Waals surface area contributed by atoms with Crippen LogP contribution in [0.3, 0.4) is 0 Å². The Bertz CT molecular complexity index is 736. The average molecular weight is 299 g/mol. The molecule has 0 spiro atoms. The number of rotatable bonds is 4. The number of aryl methyl sites for hydroxylation is 1. The maximum absolute atomic E-state index is 12.8. The molecular weight excluding hydrogens is 285 g/mol. The van der Waals surface area contributed by atoms with E-state index in [0.717, 1.165) is 23.8 Å². The van der Waals surface area contributed by atoms with Crippen molar-refractivity contribution in [2.24, 2.45) is 0 Å². The summed E-state index contributed by atoms with van der Waals surface area (Å²) in [6.07, 6.45) is 0.804. The third-order valence-electron chi connectivity index (χ3n) is 2.91. The van der Waals surface area contributed by atoms with E-state index in [1.807, 2.05) is 13.0 Å². The van der Waals surface area contributed by atoms with Gasteiger partial charge in [-0.1, -0.05) is 12.1 Å². The number of carbonyl (C=O) groups excluding carboxylic acids is 2. The van der Waals surface area contributed by atoms with Crippen molar-refractivity contribution in [1.82, 2.24) is 0 Å². The minimum absolute atomic E-state index is 0.248. The molecule has 2 aromatic rings. The van der Waals surface area contributed by atoms with Gasteiger partial charge in [0.25, 0.3) is 5.91 Å². The Morgan fingerprint density at radius 3 is 2.45 bits per heavy atom. The fraction of sp³-hybridized carbons (Fsp3) is 0.0588. The highest BCUT2D eigenvalue weighted by Gasteiger charge is 2.13. The number of nitrogens with one attached hydrogen (secondary N) is 1. The molecule has 4 nitrogen and oxygen atoms in total. The molecule has 112 valence electrons. The van der Waals surface area contributed by atoms with Crippen LogP contribution in [0.5, 0.6) is 0 Å². The minimum Gasteiger partial charge on any atom is -0.507 e. The Kier molecular flexibility index (Phi) is 4.68. The van der Waals surface area contributed by atoms with E-state index >= 15 is 0 Å². The molecule has 0 bridgehead atoms. The smallest absolute Gasteiger partial charge is 0.296 e. The van der Waals surface area contributed by atoms with E-state index in [9.17, 15) is 19.1 Å². The summed E-state index contributed by atoms with van der Waals surface area (Å²) in [5.41, 5.74) is 1.68. The van der Waals surface area contributed by atoms with Crippen LogP contribution in [0.4, 0.5) is 10.1 Å². The Balaban J connectivity index is 2.08. The van der Waals surface area contributed by atoms with Gasteiger partial charge in [0.15, 0.2) is 0 Å². The molecule has 0 radical (unpaired) electrons. The summed E-state index contributed by atoms with van der Waals surface area (Å²) < 4.78 is 12.8. The first-order chi connectivity index (χ1) is 10.5. The van der Waals surface area contributed by atoms with E-state index in [1.165, 1.54) is 12.1 Å². The second-order valence-electron chi connectivity index (χ2n) is 4.72. The molecule has 2 rings (SSSR count). The molecule has 2 N–H and O–H groups in total. The van der Waals surface area contributed by atoms with Gasteiger partial charge in [0, 0.05) is 17.3 Å². The molecule has 1 amide bonds. The normalized spacial score (nSPS) is 11.1. The fourth-order valence-corrected chi connectivity index (χ4v) is 1.81. The van der Waals surface area contributed by atoms with Crippen molar-refractivity contribution in [3.8, 4) is 0 Å². The highest BCUT2D eigenvalue weighted by atomic mass is 19.1. The van der Waals surface area contributed by atoms with Crippen molar-refractivity contribution in [3.05, 3.63) is 71.6 Å². The van der Waals surface area contributed by atoms with E-state index in [2.05, 4.69) is 5.32 Å². The lowest BCUT2D eigenvalue weighted by molar-refractivity contribution is -0.131. The van der Waals surface area contributed by atoms with Crippen LogP contribution in [-0.4, -0.2) is 16.8 Å². The van der Waals surface area contributed by atoms with E-state index in [1.54, 1.807) is 18.2 Å². The van der Waals surface area contributed by atoms with Crippen LogP contribution in [0, 0.1) is 12.7 Å². The van der Waals surface area contributed by atoms with Crippen LogP contribution in [0.1, 0.15) is 11.1 Å². The van der Waals surface area contributed by atoms with Crippen molar-refractivity contribution in [2.45, 2.75) is 6.92 Å². The zero-order valence-electron chi connectivity index (χ0n) is 11.8. The van der Waals surface area contributed by atoms with Gasteiger partial charge < -0.3 is 10.4 Å². The number of anilines is 1. The lowest BCUT2D eigenvalue weighted by atomic mass is 10.1. The molecule has 22 heavy (non-hydrogen) atoms. The van der Waals surface area contributed by atoms with Crippen molar-refractivity contribution in [2.75, 3.05) is 5.32 Å². The first-order valence-corrected chi connectivity index (χ1v) is 6.54. The molecule has 0 saturated heterocycles. The number of ketones is 1. The quantitative estimate of drug-likeness (QED) is 0.517. The first kappa shape index (κ1) is 15.4. The van der Waals surface area contributed by atoms with Gasteiger partial charge in [-0.3, -0.25) is 9.59 Å². The summed E-state index contributed by atoms with van der Waals surface area (Å²) in [5, 5.41) is 12.2. The number of amides is 1. The number of hydrogen-bond acceptors (Lipinski definition) is 3. The Hall–Kier alpha value is -2.95. The Labute approximate surface area is 126 Å². The summed E-state index contributed by atoms with van der Waals surface area (Å²) in [5.74, 6) is -2.62. The zero-order chi connectivity index (χ0) is 16.1. The lowest BCUT2D eigenvalue weighted by Crippen LogP contribution is -2.21. The SMILES string of the molecule is Cc1cccc(NC(=O)C(=O)C=C(O)c2ccc(F)cc2)c1. The second kappa shape index (κ2) is 6.67. The zero-order valence-corrected chi connectivity index (χ0v) is 11.8. The Morgan fingerprint density at radius 1 is 1.14 bits per heavy atom. The van der Waals surface area contributed by atoms with Crippen molar-refractivity contribution >= 4 is 23.1 Å². The van der Waals surface area contributed by atoms with Crippen LogP contribution in [0.25, 0.3) is 5.76 Å². The lowest BCUT2D eigenvalue weighted by Gasteiger charge is -2.04. The van der Waals surface area contributed by atoms with E-state index < -0.39 is 23.3 Å². The molecule has 0 aromatic heterocycles. The monoisotopic (exact) mass is 299 g/mol.